The SMILES string of the molecule is CC(c1ccc(-c2ccc(C(F)(F)F)cc2)cc1)N1CCN(CCO)CC1. The highest BCUT2D eigenvalue weighted by Gasteiger charge is 2.30. The maximum atomic E-state index is 12.7. The summed E-state index contributed by atoms with van der Waals surface area (Å²) in [5.74, 6) is 0. The topological polar surface area (TPSA) is 26.7 Å². The Morgan fingerprint density at radius 1 is 0.889 bits per heavy atom. The van der Waals surface area contributed by atoms with Gasteiger partial charge in [0.05, 0.1) is 12.2 Å². The Balaban J connectivity index is 1.65. The maximum absolute atomic E-state index is 12.7. The Kier molecular flexibility index (Phi) is 6.19. The van der Waals surface area contributed by atoms with Crippen LogP contribution in [0.3, 0.4) is 0 Å². The van der Waals surface area contributed by atoms with Gasteiger partial charge in [0.2, 0.25) is 0 Å². The zero-order valence-corrected chi connectivity index (χ0v) is 15.4. The molecule has 1 aliphatic rings. The standard InChI is InChI=1S/C21H25F3N2O/c1-16(26-12-10-25(11-13-26)14-15-27)17-2-4-18(5-3-17)19-6-8-20(9-7-19)21(22,23)24/h2-9,16,27H,10-15H2,1H3. The van der Waals surface area contributed by atoms with Crippen molar-refractivity contribution in [3.05, 3.63) is 59.7 Å². The summed E-state index contributed by atoms with van der Waals surface area (Å²) in [6, 6.07) is 13.6. The highest BCUT2D eigenvalue weighted by molar-refractivity contribution is 5.64. The number of halogens is 3. The fourth-order valence-corrected chi connectivity index (χ4v) is 3.53. The second-order valence-corrected chi connectivity index (χ2v) is 6.97. The van der Waals surface area contributed by atoms with Crippen LogP contribution in [0.25, 0.3) is 11.1 Å². The van der Waals surface area contributed by atoms with Crippen LogP contribution < -0.4 is 0 Å². The molecule has 1 heterocycles. The zero-order valence-electron chi connectivity index (χ0n) is 15.4. The lowest BCUT2D eigenvalue weighted by molar-refractivity contribution is -0.137. The summed E-state index contributed by atoms with van der Waals surface area (Å²) in [5.41, 5.74) is 2.25. The van der Waals surface area contributed by atoms with Crippen molar-refractivity contribution in [1.29, 1.82) is 0 Å². The van der Waals surface area contributed by atoms with Crippen molar-refractivity contribution in [2.75, 3.05) is 39.3 Å². The van der Waals surface area contributed by atoms with E-state index in [1.54, 1.807) is 0 Å². The number of rotatable bonds is 5. The van der Waals surface area contributed by atoms with E-state index in [9.17, 15) is 13.2 Å². The predicted octanol–water partition coefficient (Wildman–Crippen LogP) is 4.04. The molecular weight excluding hydrogens is 353 g/mol. The van der Waals surface area contributed by atoms with Gasteiger partial charge in [0.1, 0.15) is 0 Å². The molecule has 0 radical (unpaired) electrons. The van der Waals surface area contributed by atoms with Crippen LogP contribution in [0, 0.1) is 0 Å². The first-order chi connectivity index (χ1) is 12.9. The molecule has 0 aliphatic carbocycles. The van der Waals surface area contributed by atoms with Crippen molar-refractivity contribution < 1.29 is 18.3 Å². The van der Waals surface area contributed by atoms with Gasteiger partial charge in [-0.3, -0.25) is 9.80 Å². The molecule has 3 rings (SSSR count). The molecule has 0 bridgehead atoms. The molecule has 1 atom stereocenters. The van der Waals surface area contributed by atoms with E-state index in [0.29, 0.717) is 0 Å². The molecule has 3 nitrogen and oxygen atoms in total. The summed E-state index contributed by atoms with van der Waals surface area (Å²) < 4.78 is 38.1. The Bertz CT molecular complexity index is 721. The van der Waals surface area contributed by atoms with E-state index in [1.165, 1.54) is 17.7 Å². The highest BCUT2D eigenvalue weighted by atomic mass is 19.4. The maximum Gasteiger partial charge on any atom is 0.416 e. The second kappa shape index (κ2) is 8.42. The van der Waals surface area contributed by atoms with Crippen LogP contribution in [-0.2, 0) is 6.18 Å². The average molecular weight is 378 g/mol. The van der Waals surface area contributed by atoms with Gasteiger partial charge in [-0.25, -0.2) is 0 Å². The molecule has 0 amide bonds. The fraction of sp³-hybridized carbons (Fsp3) is 0.429. The number of β-amino-alcohol motifs (C(OH)–C–C–N with tert-alkyl or cyclic N) is 1. The molecule has 6 heteroatoms. The molecule has 0 saturated carbocycles. The van der Waals surface area contributed by atoms with Crippen LogP contribution in [0.4, 0.5) is 13.2 Å². The van der Waals surface area contributed by atoms with E-state index < -0.39 is 11.7 Å². The minimum absolute atomic E-state index is 0.195. The van der Waals surface area contributed by atoms with Crippen LogP contribution in [0.15, 0.2) is 48.5 Å². The summed E-state index contributed by atoms with van der Waals surface area (Å²) in [7, 11) is 0. The molecule has 146 valence electrons. The van der Waals surface area contributed by atoms with Crippen molar-refractivity contribution in [3.63, 3.8) is 0 Å². The first-order valence-electron chi connectivity index (χ1n) is 9.23. The number of alkyl halides is 3. The molecule has 0 spiro atoms. The van der Waals surface area contributed by atoms with Crippen LogP contribution in [0.2, 0.25) is 0 Å². The number of benzene rings is 2. The van der Waals surface area contributed by atoms with Gasteiger partial charge in [0.15, 0.2) is 0 Å². The quantitative estimate of drug-likeness (QED) is 0.851. The Morgan fingerprint density at radius 2 is 1.41 bits per heavy atom. The molecular formula is C21H25F3N2O. The van der Waals surface area contributed by atoms with Gasteiger partial charge in [0.25, 0.3) is 0 Å². The Hall–Kier alpha value is -1.89. The third-order valence-electron chi connectivity index (χ3n) is 5.31. The summed E-state index contributed by atoms with van der Waals surface area (Å²) in [6.45, 7) is 6.92. The van der Waals surface area contributed by atoms with Crippen molar-refractivity contribution >= 4 is 0 Å². The van der Waals surface area contributed by atoms with Crippen LogP contribution in [0.1, 0.15) is 24.1 Å². The number of piperazine rings is 1. The van der Waals surface area contributed by atoms with E-state index in [1.807, 2.05) is 12.1 Å². The Labute approximate surface area is 158 Å². The third kappa shape index (κ3) is 4.89. The third-order valence-corrected chi connectivity index (χ3v) is 5.31. The van der Waals surface area contributed by atoms with Crippen molar-refractivity contribution in [2.24, 2.45) is 0 Å². The molecule has 1 saturated heterocycles. The normalized spacial score (nSPS) is 17.8. The minimum Gasteiger partial charge on any atom is -0.395 e. The van der Waals surface area contributed by atoms with Crippen LogP contribution in [-0.4, -0.2) is 54.2 Å². The number of hydrogen-bond acceptors (Lipinski definition) is 3. The number of aliphatic hydroxyl groups is 1. The van der Waals surface area contributed by atoms with Gasteiger partial charge in [-0.15, -0.1) is 0 Å². The zero-order chi connectivity index (χ0) is 19.4. The lowest BCUT2D eigenvalue weighted by Gasteiger charge is -2.38. The van der Waals surface area contributed by atoms with Gasteiger partial charge in [-0.2, -0.15) is 13.2 Å². The molecule has 2 aromatic rings. The highest BCUT2D eigenvalue weighted by Crippen LogP contribution is 2.31. The number of aliphatic hydroxyl groups excluding tert-OH is 1. The lowest BCUT2D eigenvalue weighted by Crippen LogP contribution is -2.47. The molecule has 27 heavy (non-hydrogen) atoms. The summed E-state index contributed by atoms with van der Waals surface area (Å²) in [6.07, 6.45) is -4.31. The first-order valence-corrected chi connectivity index (χ1v) is 9.23. The van der Waals surface area contributed by atoms with E-state index in [2.05, 4.69) is 28.9 Å². The molecule has 1 aliphatic heterocycles. The summed E-state index contributed by atoms with van der Waals surface area (Å²) >= 11 is 0. The van der Waals surface area contributed by atoms with Gasteiger partial charge >= 0.3 is 6.18 Å². The monoisotopic (exact) mass is 378 g/mol. The van der Waals surface area contributed by atoms with Gasteiger partial charge in [-0.05, 0) is 35.7 Å². The summed E-state index contributed by atoms with van der Waals surface area (Å²) in [5, 5.41) is 9.04. The smallest absolute Gasteiger partial charge is 0.395 e. The molecule has 1 unspecified atom stereocenters. The number of hydrogen-bond donors (Lipinski definition) is 1. The summed E-state index contributed by atoms with van der Waals surface area (Å²) in [4.78, 5) is 4.68. The number of nitrogens with zero attached hydrogens (tertiary/aromatic N) is 2. The van der Waals surface area contributed by atoms with Gasteiger partial charge < -0.3 is 5.11 Å². The van der Waals surface area contributed by atoms with Crippen LogP contribution in [0.5, 0.6) is 0 Å². The second-order valence-electron chi connectivity index (χ2n) is 6.97. The van der Waals surface area contributed by atoms with Crippen molar-refractivity contribution in [1.82, 2.24) is 9.80 Å². The van der Waals surface area contributed by atoms with Crippen molar-refractivity contribution in [3.8, 4) is 11.1 Å². The fourth-order valence-electron chi connectivity index (χ4n) is 3.53. The molecule has 1 fully saturated rings. The lowest BCUT2D eigenvalue weighted by atomic mass is 9.99. The van der Waals surface area contributed by atoms with E-state index in [0.717, 1.165) is 56.0 Å². The van der Waals surface area contributed by atoms with Crippen molar-refractivity contribution in [2.45, 2.75) is 19.1 Å². The van der Waals surface area contributed by atoms with E-state index in [-0.39, 0.29) is 12.6 Å². The van der Waals surface area contributed by atoms with Gasteiger partial charge in [-0.1, -0.05) is 36.4 Å². The van der Waals surface area contributed by atoms with E-state index in [4.69, 9.17) is 5.11 Å². The molecule has 2 aromatic carbocycles. The molecule has 1 N–H and O–H groups in total. The first kappa shape index (κ1) is 19.9. The average Bonchev–Trinajstić information content (AvgIpc) is 2.68. The molecule has 0 aromatic heterocycles. The predicted molar refractivity (Wildman–Crippen MR) is 100 cm³/mol. The van der Waals surface area contributed by atoms with Gasteiger partial charge in [0, 0.05) is 38.8 Å². The largest absolute Gasteiger partial charge is 0.416 e. The Morgan fingerprint density at radius 3 is 1.89 bits per heavy atom. The van der Waals surface area contributed by atoms with E-state index >= 15 is 0 Å². The minimum atomic E-state index is -4.31. The van der Waals surface area contributed by atoms with Crippen LogP contribution >= 0.6 is 0 Å².